The highest BCUT2D eigenvalue weighted by molar-refractivity contribution is 5.94. The lowest BCUT2D eigenvalue weighted by Crippen LogP contribution is -2.30. The summed E-state index contributed by atoms with van der Waals surface area (Å²) >= 11 is 0. The Bertz CT molecular complexity index is 473. The zero-order valence-corrected chi connectivity index (χ0v) is 11.9. The summed E-state index contributed by atoms with van der Waals surface area (Å²) in [5, 5.41) is 12.6. The molecule has 1 aliphatic carbocycles. The van der Waals surface area contributed by atoms with E-state index in [9.17, 15) is 9.90 Å². The smallest absolute Gasteiger partial charge is 0.339 e. The number of carboxylic acids is 1. The van der Waals surface area contributed by atoms with Crippen molar-refractivity contribution in [1.29, 1.82) is 0 Å². The molecule has 0 spiro atoms. The minimum absolute atomic E-state index is 0.298. The molecule has 4 heteroatoms. The Morgan fingerprint density at radius 3 is 2.63 bits per heavy atom. The molecule has 0 unspecified atom stereocenters. The number of anilines is 1. The van der Waals surface area contributed by atoms with Gasteiger partial charge < -0.3 is 10.4 Å². The quantitative estimate of drug-likeness (QED) is 0.875. The first-order valence-electron chi connectivity index (χ1n) is 6.84. The highest BCUT2D eigenvalue weighted by Gasteiger charge is 2.27. The van der Waals surface area contributed by atoms with Crippen LogP contribution in [0.3, 0.4) is 0 Å². The maximum absolute atomic E-state index is 11.3. The summed E-state index contributed by atoms with van der Waals surface area (Å²) in [6.45, 7) is 6.38. The fraction of sp³-hybridized carbons (Fsp3) is 0.600. The second-order valence-corrected chi connectivity index (χ2v) is 6.24. The van der Waals surface area contributed by atoms with E-state index in [1.807, 2.05) is 0 Å². The molecule has 0 bridgehead atoms. The number of hydrogen-bond acceptors (Lipinski definition) is 3. The van der Waals surface area contributed by atoms with E-state index in [1.165, 1.54) is 12.8 Å². The van der Waals surface area contributed by atoms with Crippen LogP contribution in [0, 0.1) is 12.3 Å². The van der Waals surface area contributed by atoms with Crippen molar-refractivity contribution >= 4 is 11.8 Å². The van der Waals surface area contributed by atoms with Crippen molar-refractivity contribution in [2.45, 2.75) is 52.5 Å². The molecule has 0 atom stereocenters. The average Bonchev–Trinajstić information content (AvgIpc) is 2.31. The van der Waals surface area contributed by atoms with Gasteiger partial charge in [0.1, 0.15) is 11.4 Å². The number of nitrogens with one attached hydrogen (secondary N) is 1. The first-order valence-corrected chi connectivity index (χ1v) is 6.84. The molecule has 19 heavy (non-hydrogen) atoms. The number of nitrogens with zero attached hydrogens (tertiary/aromatic N) is 1. The van der Waals surface area contributed by atoms with Gasteiger partial charge >= 0.3 is 5.97 Å². The van der Waals surface area contributed by atoms with Gasteiger partial charge in [0.15, 0.2) is 0 Å². The highest BCUT2D eigenvalue weighted by Crippen LogP contribution is 2.36. The number of carbonyl (C=O) groups is 1. The van der Waals surface area contributed by atoms with E-state index in [4.69, 9.17) is 0 Å². The largest absolute Gasteiger partial charge is 0.478 e. The highest BCUT2D eigenvalue weighted by atomic mass is 16.4. The Morgan fingerprint density at radius 2 is 2.05 bits per heavy atom. The standard InChI is InChI=1S/C15H22N2O2/c1-10-6-9-16-13(12(10)14(18)19)17-11-4-7-15(2,3)8-5-11/h6,9,11H,4-5,7-8H2,1-3H3,(H,16,17)(H,18,19). The molecule has 1 fully saturated rings. The minimum Gasteiger partial charge on any atom is -0.478 e. The fourth-order valence-corrected chi connectivity index (χ4v) is 2.67. The van der Waals surface area contributed by atoms with Crippen LogP contribution in [0.5, 0.6) is 0 Å². The Morgan fingerprint density at radius 1 is 1.42 bits per heavy atom. The van der Waals surface area contributed by atoms with Crippen LogP contribution < -0.4 is 5.32 Å². The number of carboxylic acid groups (broad SMARTS) is 1. The van der Waals surface area contributed by atoms with Crippen LogP contribution in [0.2, 0.25) is 0 Å². The lowest BCUT2D eigenvalue weighted by molar-refractivity contribution is 0.0696. The van der Waals surface area contributed by atoms with Crippen LogP contribution in [0.15, 0.2) is 12.3 Å². The molecule has 1 aromatic heterocycles. The van der Waals surface area contributed by atoms with Crippen molar-refractivity contribution in [2.75, 3.05) is 5.32 Å². The lowest BCUT2D eigenvalue weighted by atomic mass is 9.75. The molecule has 104 valence electrons. The summed E-state index contributed by atoms with van der Waals surface area (Å²) in [5.74, 6) is -0.401. The van der Waals surface area contributed by atoms with Crippen molar-refractivity contribution in [1.82, 2.24) is 4.98 Å². The number of aryl methyl sites for hydroxylation is 1. The molecule has 1 heterocycles. The van der Waals surface area contributed by atoms with E-state index in [2.05, 4.69) is 24.1 Å². The molecule has 0 aromatic carbocycles. The molecular formula is C15H22N2O2. The first-order chi connectivity index (χ1) is 8.89. The Hall–Kier alpha value is -1.58. The van der Waals surface area contributed by atoms with Crippen LogP contribution in [-0.2, 0) is 0 Å². The maximum atomic E-state index is 11.3. The van der Waals surface area contributed by atoms with Gasteiger partial charge in [0.25, 0.3) is 0 Å². The number of rotatable bonds is 3. The van der Waals surface area contributed by atoms with Gasteiger partial charge in [-0.25, -0.2) is 9.78 Å². The normalized spacial score (nSPS) is 19.1. The van der Waals surface area contributed by atoms with E-state index in [1.54, 1.807) is 19.2 Å². The number of pyridine rings is 1. The van der Waals surface area contributed by atoms with Gasteiger partial charge in [0, 0.05) is 12.2 Å². The second kappa shape index (κ2) is 5.19. The van der Waals surface area contributed by atoms with Crippen LogP contribution in [0.1, 0.15) is 55.5 Å². The maximum Gasteiger partial charge on any atom is 0.339 e. The predicted molar refractivity (Wildman–Crippen MR) is 75.6 cm³/mol. The van der Waals surface area contributed by atoms with Gasteiger partial charge in [0.2, 0.25) is 0 Å². The van der Waals surface area contributed by atoms with Crippen molar-refractivity contribution < 1.29 is 9.90 Å². The summed E-state index contributed by atoms with van der Waals surface area (Å²) in [7, 11) is 0. The third-order valence-electron chi connectivity index (χ3n) is 4.05. The van der Waals surface area contributed by atoms with E-state index < -0.39 is 5.97 Å². The summed E-state index contributed by atoms with van der Waals surface area (Å²) in [6, 6.07) is 2.07. The number of hydrogen-bond donors (Lipinski definition) is 2. The Labute approximate surface area is 114 Å². The zero-order chi connectivity index (χ0) is 14.0. The van der Waals surface area contributed by atoms with Crippen molar-refractivity contribution in [3.05, 3.63) is 23.4 Å². The van der Waals surface area contributed by atoms with E-state index in [0.717, 1.165) is 18.4 Å². The summed E-state index contributed by atoms with van der Waals surface area (Å²) in [5.41, 5.74) is 1.46. The average molecular weight is 262 g/mol. The van der Waals surface area contributed by atoms with Crippen molar-refractivity contribution in [2.24, 2.45) is 5.41 Å². The number of aromatic nitrogens is 1. The molecular weight excluding hydrogens is 240 g/mol. The molecule has 2 rings (SSSR count). The molecule has 1 aromatic rings. The van der Waals surface area contributed by atoms with Crippen LogP contribution in [-0.4, -0.2) is 22.1 Å². The molecule has 2 N–H and O–H groups in total. The van der Waals surface area contributed by atoms with E-state index in [0.29, 0.717) is 22.8 Å². The van der Waals surface area contributed by atoms with Gasteiger partial charge in [0.05, 0.1) is 0 Å². The zero-order valence-electron chi connectivity index (χ0n) is 11.9. The molecule has 0 amide bonds. The van der Waals surface area contributed by atoms with E-state index >= 15 is 0 Å². The summed E-state index contributed by atoms with van der Waals surface area (Å²) < 4.78 is 0. The topological polar surface area (TPSA) is 62.2 Å². The van der Waals surface area contributed by atoms with Gasteiger partial charge in [-0.1, -0.05) is 13.8 Å². The molecule has 4 nitrogen and oxygen atoms in total. The monoisotopic (exact) mass is 262 g/mol. The van der Waals surface area contributed by atoms with Gasteiger partial charge in [-0.15, -0.1) is 0 Å². The second-order valence-electron chi connectivity index (χ2n) is 6.24. The third kappa shape index (κ3) is 3.25. The molecule has 1 saturated carbocycles. The molecule has 0 saturated heterocycles. The van der Waals surface area contributed by atoms with Gasteiger partial charge in [-0.3, -0.25) is 0 Å². The Balaban J connectivity index is 2.12. The predicted octanol–water partition coefficient (Wildman–Crippen LogP) is 3.47. The van der Waals surface area contributed by atoms with Gasteiger partial charge in [-0.05, 0) is 49.7 Å². The summed E-state index contributed by atoms with van der Waals surface area (Å²) in [6.07, 6.45) is 6.14. The summed E-state index contributed by atoms with van der Waals surface area (Å²) in [4.78, 5) is 15.5. The fourth-order valence-electron chi connectivity index (χ4n) is 2.67. The molecule has 0 aliphatic heterocycles. The van der Waals surface area contributed by atoms with E-state index in [-0.39, 0.29) is 0 Å². The van der Waals surface area contributed by atoms with Crippen LogP contribution in [0.25, 0.3) is 0 Å². The molecule has 1 aliphatic rings. The van der Waals surface area contributed by atoms with Crippen LogP contribution >= 0.6 is 0 Å². The first kappa shape index (κ1) is 13.8. The molecule has 0 radical (unpaired) electrons. The van der Waals surface area contributed by atoms with Crippen molar-refractivity contribution in [3.8, 4) is 0 Å². The SMILES string of the molecule is Cc1ccnc(NC2CCC(C)(C)CC2)c1C(=O)O. The number of aromatic carboxylic acids is 1. The van der Waals surface area contributed by atoms with Crippen LogP contribution in [0.4, 0.5) is 5.82 Å². The Kier molecular flexibility index (Phi) is 3.78. The van der Waals surface area contributed by atoms with Gasteiger partial charge in [-0.2, -0.15) is 0 Å². The lowest BCUT2D eigenvalue weighted by Gasteiger charge is -2.35. The minimum atomic E-state index is -0.913. The van der Waals surface area contributed by atoms with Crippen molar-refractivity contribution in [3.63, 3.8) is 0 Å². The third-order valence-corrected chi connectivity index (χ3v) is 4.05.